The number of rotatable bonds is 3. The molecule has 1 aromatic heterocycles. The molecule has 0 unspecified atom stereocenters. The Morgan fingerprint density at radius 1 is 1.36 bits per heavy atom. The maximum absolute atomic E-state index is 12.6. The van der Waals surface area contributed by atoms with E-state index in [9.17, 15) is 4.79 Å². The maximum atomic E-state index is 12.6. The first-order valence-corrected chi connectivity index (χ1v) is 8.34. The SMILES string of the molecule is CC[C@H]1CCCC[C@H]1NC(=O)c1ccc2c(c1)nc(C)n2C. The highest BCUT2D eigenvalue weighted by atomic mass is 16.1. The summed E-state index contributed by atoms with van der Waals surface area (Å²) in [6, 6.07) is 6.12. The van der Waals surface area contributed by atoms with E-state index in [-0.39, 0.29) is 5.91 Å². The van der Waals surface area contributed by atoms with Crippen molar-refractivity contribution in [2.24, 2.45) is 13.0 Å². The third-order valence-corrected chi connectivity index (χ3v) is 5.12. The van der Waals surface area contributed by atoms with Gasteiger partial charge in [0.15, 0.2) is 0 Å². The van der Waals surface area contributed by atoms with E-state index >= 15 is 0 Å². The molecule has 1 saturated carbocycles. The second kappa shape index (κ2) is 6.11. The van der Waals surface area contributed by atoms with Crippen LogP contribution < -0.4 is 5.32 Å². The Kier molecular flexibility index (Phi) is 4.19. The van der Waals surface area contributed by atoms with Gasteiger partial charge in [-0.05, 0) is 43.9 Å². The van der Waals surface area contributed by atoms with Crippen LogP contribution in [0.25, 0.3) is 11.0 Å². The lowest BCUT2D eigenvalue weighted by Crippen LogP contribution is -2.41. The van der Waals surface area contributed by atoms with Crippen LogP contribution in [0.5, 0.6) is 0 Å². The van der Waals surface area contributed by atoms with Crippen molar-refractivity contribution in [3.8, 4) is 0 Å². The molecule has 4 nitrogen and oxygen atoms in total. The van der Waals surface area contributed by atoms with Crippen LogP contribution in [0.1, 0.15) is 55.2 Å². The summed E-state index contributed by atoms with van der Waals surface area (Å²) < 4.78 is 2.05. The number of aryl methyl sites for hydroxylation is 2. The van der Waals surface area contributed by atoms with Gasteiger partial charge in [0, 0.05) is 18.7 Å². The Morgan fingerprint density at radius 2 is 2.14 bits per heavy atom. The van der Waals surface area contributed by atoms with Gasteiger partial charge in [0.05, 0.1) is 11.0 Å². The van der Waals surface area contributed by atoms with Gasteiger partial charge in [-0.15, -0.1) is 0 Å². The number of amides is 1. The molecule has 1 N–H and O–H groups in total. The van der Waals surface area contributed by atoms with Crippen LogP contribution in [0.2, 0.25) is 0 Å². The average Bonchev–Trinajstić information content (AvgIpc) is 2.82. The summed E-state index contributed by atoms with van der Waals surface area (Å²) in [6.07, 6.45) is 6.00. The molecule has 1 heterocycles. The molecule has 0 radical (unpaired) electrons. The summed E-state index contributed by atoms with van der Waals surface area (Å²) in [5, 5.41) is 3.25. The van der Waals surface area contributed by atoms with Gasteiger partial charge in [0.25, 0.3) is 5.91 Å². The van der Waals surface area contributed by atoms with Crippen molar-refractivity contribution in [3.63, 3.8) is 0 Å². The molecule has 1 amide bonds. The van der Waals surface area contributed by atoms with E-state index in [0.717, 1.165) is 29.7 Å². The van der Waals surface area contributed by atoms with Gasteiger partial charge in [-0.3, -0.25) is 4.79 Å². The van der Waals surface area contributed by atoms with E-state index < -0.39 is 0 Å². The fourth-order valence-electron chi connectivity index (χ4n) is 3.60. The highest BCUT2D eigenvalue weighted by Gasteiger charge is 2.25. The maximum Gasteiger partial charge on any atom is 0.251 e. The van der Waals surface area contributed by atoms with Crippen LogP contribution >= 0.6 is 0 Å². The smallest absolute Gasteiger partial charge is 0.251 e. The largest absolute Gasteiger partial charge is 0.349 e. The third-order valence-electron chi connectivity index (χ3n) is 5.12. The first-order chi connectivity index (χ1) is 10.6. The van der Waals surface area contributed by atoms with Gasteiger partial charge in [-0.1, -0.05) is 26.2 Å². The van der Waals surface area contributed by atoms with E-state index in [1.165, 1.54) is 19.3 Å². The highest BCUT2D eigenvalue weighted by molar-refractivity contribution is 5.97. The van der Waals surface area contributed by atoms with Gasteiger partial charge >= 0.3 is 0 Å². The van der Waals surface area contributed by atoms with Crippen molar-refractivity contribution in [1.29, 1.82) is 0 Å². The fraction of sp³-hybridized carbons (Fsp3) is 0.556. The molecule has 0 bridgehead atoms. The summed E-state index contributed by atoms with van der Waals surface area (Å²) in [5.41, 5.74) is 2.67. The first-order valence-electron chi connectivity index (χ1n) is 8.34. The number of hydrogen-bond acceptors (Lipinski definition) is 2. The Morgan fingerprint density at radius 3 is 2.91 bits per heavy atom. The molecule has 0 saturated heterocycles. The number of aromatic nitrogens is 2. The average molecular weight is 299 g/mol. The van der Waals surface area contributed by atoms with Gasteiger partial charge in [-0.25, -0.2) is 4.98 Å². The molecule has 118 valence electrons. The molecule has 0 aliphatic heterocycles. The van der Waals surface area contributed by atoms with Gasteiger partial charge in [0.2, 0.25) is 0 Å². The molecule has 2 atom stereocenters. The molecular formula is C18H25N3O. The Balaban J connectivity index is 1.79. The minimum Gasteiger partial charge on any atom is -0.349 e. The summed E-state index contributed by atoms with van der Waals surface area (Å²) >= 11 is 0. The number of carbonyl (C=O) groups is 1. The first kappa shape index (κ1) is 15.1. The molecule has 3 rings (SSSR count). The van der Waals surface area contributed by atoms with E-state index in [1.54, 1.807) is 0 Å². The van der Waals surface area contributed by atoms with Crippen molar-refractivity contribution >= 4 is 16.9 Å². The van der Waals surface area contributed by atoms with E-state index in [1.807, 2.05) is 36.7 Å². The van der Waals surface area contributed by atoms with Gasteiger partial charge < -0.3 is 9.88 Å². The Bertz CT molecular complexity index is 689. The molecule has 1 aromatic carbocycles. The minimum atomic E-state index is 0.0376. The normalized spacial score (nSPS) is 22.0. The van der Waals surface area contributed by atoms with Crippen molar-refractivity contribution in [3.05, 3.63) is 29.6 Å². The predicted octanol–water partition coefficient (Wildman–Crippen LogP) is 3.58. The number of imidazole rings is 1. The van der Waals surface area contributed by atoms with E-state index in [4.69, 9.17) is 0 Å². The van der Waals surface area contributed by atoms with Crippen LogP contribution in [0.15, 0.2) is 18.2 Å². The minimum absolute atomic E-state index is 0.0376. The van der Waals surface area contributed by atoms with Crippen LogP contribution in [0.3, 0.4) is 0 Å². The summed E-state index contributed by atoms with van der Waals surface area (Å²) in [7, 11) is 2.00. The topological polar surface area (TPSA) is 46.9 Å². The van der Waals surface area contributed by atoms with Crippen molar-refractivity contribution in [2.75, 3.05) is 0 Å². The molecule has 1 fully saturated rings. The monoisotopic (exact) mass is 299 g/mol. The quantitative estimate of drug-likeness (QED) is 0.941. The number of benzene rings is 1. The zero-order valence-corrected chi connectivity index (χ0v) is 13.7. The number of fused-ring (bicyclic) bond motifs is 1. The molecule has 2 aromatic rings. The summed E-state index contributed by atoms with van der Waals surface area (Å²) in [6.45, 7) is 4.20. The van der Waals surface area contributed by atoms with E-state index in [2.05, 4.69) is 17.2 Å². The number of nitrogens with one attached hydrogen (secondary N) is 1. The zero-order chi connectivity index (χ0) is 15.7. The number of hydrogen-bond donors (Lipinski definition) is 1. The van der Waals surface area contributed by atoms with Crippen LogP contribution in [-0.2, 0) is 7.05 Å². The molecular weight excluding hydrogens is 274 g/mol. The second-order valence-electron chi connectivity index (χ2n) is 6.45. The van der Waals surface area contributed by atoms with Gasteiger partial charge in [-0.2, -0.15) is 0 Å². The van der Waals surface area contributed by atoms with Crippen LogP contribution in [-0.4, -0.2) is 21.5 Å². The fourth-order valence-corrected chi connectivity index (χ4v) is 3.60. The summed E-state index contributed by atoms with van der Waals surface area (Å²) in [5.74, 6) is 1.62. The molecule has 1 aliphatic carbocycles. The molecule has 0 spiro atoms. The zero-order valence-electron chi connectivity index (χ0n) is 13.7. The highest BCUT2D eigenvalue weighted by Crippen LogP contribution is 2.27. The van der Waals surface area contributed by atoms with Gasteiger partial charge in [0.1, 0.15) is 5.82 Å². The number of nitrogens with zero attached hydrogens (tertiary/aromatic N) is 2. The second-order valence-corrected chi connectivity index (χ2v) is 6.45. The lowest BCUT2D eigenvalue weighted by atomic mass is 9.83. The predicted molar refractivity (Wildman–Crippen MR) is 89.0 cm³/mol. The van der Waals surface area contributed by atoms with Crippen LogP contribution in [0, 0.1) is 12.8 Å². The third kappa shape index (κ3) is 2.74. The Labute approximate surface area is 131 Å². The van der Waals surface area contributed by atoms with Crippen molar-refractivity contribution in [1.82, 2.24) is 14.9 Å². The summed E-state index contributed by atoms with van der Waals surface area (Å²) in [4.78, 5) is 17.1. The molecule has 22 heavy (non-hydrogen) atoms. The Hall–Kier alpha value is -1.84. The van der Waals surface area contributed by atoms with E-state index in [0.29, 0.717) is 17.5 Å². The standard InChI is InChI=1S/C18H25N3O/c1-4-13-7-5-6-8-15(13)20-18(22)14-9-10-17-16(11-14)19-12(2)21(17)3/h9-11,13,15H,4-8H2,1-3H3,(H,20,22)/t13-,15+/m0/s1. The lowest BCUT2D eigenvalue weighted by Gasteiger charge is -2.31. The molecule has 4 heteroatoms. The van der Waals surface area contributed by atoms with Crippen LogP contribution in [0.4, 0.5) is 0 Å². The van der Waals surface area contributed by atoms with Crippen molar-refractivity contribution in [2.45, 2.75) is 52.0 Å². The van der Waals surface area contributed by atoms with Crippen molar-refractivity contribution < 1.29 is 4.79 Å². The molecule has 1 aliphatic rings. The lowest BCUT2D eigenvalue weighted by molar-refractivity contribution is 0.0905. The number of carbonyl (C=O) groups excluding carboxylic acids is 1.